The quantitative estimate of drug-likeness (QED) is 0.886. The molecule has 1 heterocycles. The van der Waals surface area contributed by atoms with Gasteiger partial charge >= 0.3 is 0 Å². The van der Waals surface area contributed by atoms with E-state index in [0.29, 0.717) is 11.1 Å². The summed E-state index contributed by atoms with van der Waals surface area (Å²) >= 11 is 1.05. The number of thiophene rings is 1. The third kappa shape index (κ3) is 3.60. The maximum atomic E-state index is 12.7. The van der Waals surface area contributed by atoms with E-state index < -0.39 is 10.0 Å². The van der Waals surface area contributed by atoms with Gasteiger partial charge < -0.3 is 5.11 Å². The maximum Gasteiger partial charge on any atom is 0.250 e. The Bertz CT molecular complexity index is 650. The number of sulfonamides is 1. The fourth-order valence-corrected chi connectivity index (χ4v) is 3.69. The molecule has 0 aliphatic rings. The Morgan fingerprint density at radius 1 is 1.21 bits per heavy atom. The number of halogens is 1. The lowest BCUT2D eigenvalue weighted by atomic mass is 10.2. The Morgan fingerprint density at radius 2 is 1.89 bits per heavy atom. The van der Waals surface area contributed by atoms with Crippen LogP contribution in [0.4, 0.5) is 4.39 Å². The second kappa shape index (κ2) is 5.79. The molecule has 0 aliphatic carbocycles. The molecule has 0 aliphatic heterocycles. The van der Waals surface area contributed by atoms with Gasteiger partial charge in [-0.05, 0) is 34.7 Å². The summed E-state index contributed by atoms with van der Waals surface area (Å²) in [6.07, 6.45) is 0. The molecule has 2 aromatic rings. The summed E-state index contributed by atoms with van der Waals surface area (Å²) < 4.78 is 39.2. The zero-order valence-corrected chi connectivity index (χ0v) is 11.5. The van der Waals surface area contributed by atoms with Crippen LogP contribution >= 0.6 is 11.3 Å². The average Bonchev–Trinajstić information content (AvgIpc) is 2.88. The van der Waals surface area contributed by atoms with Gasteiger partial charge in [0.15, 0.2) is 0 Å². The van der Waals surface area contributed by atoms with Crippen LogP contribution in [0.25, 0.3) is 0 Å². The van der Waals surface area contributed by atoms with Gasteiger partial charge in [-0.2, -0.15) is 0 Å². The molecule has 2 N–H and O–H groups in total. The van der Waals surface area contributed by atoms with Crippen LogP contribution in [-0.2, 0) is 23.2 Å². The van der Waals surface area contributed by atoms with E-state index in [9.17, 15) is 12.8 Å². The molecular weight excluding hydrogens is 289 g/mol. The smallest absolute Gasteiger partial charge is 0.250 e. The Hall–Kier alpha value is -1.28. The summed E-state index contributed by atoms with van der Waals surface area (Å²) in [5.41, 5.74) is 1.23. The Morgan fingerprint density at radius 3 is 2.47 bits per heavy atom. The van der Waals surface area contributed by atoms with Gasteiger partial charge in [-0.15, -0.1) is 11.3 Å². The van der Waals surface area contributed by atoms with Crippen LogP contribution in [0.5, 0.6) is 0 Å². The van der Waals surface area contributed by atoms with E-state index in [0.717, 1.165) is 11.3 Å². The predicted molar refractivity (Wildman–Crippen MR) is 70.7 cm³/mol. The molecule has 7 heteroatoms. The standard InChI is InChI=1S/C12H12FNO3S2/c13-11-3-1-9(2-4-11)6-14-19(16,17)12-5-10(7-15)8-18-12/h1-5,8,14-15H,6-7H2. The van der Waals surface area contributed by atoms with Crippen molar-refractivity contribution in [1.82, 2.24) is 4.72 Å². The lowest BCUT2D eigenvalue weighted by Gasteiger charge is -2.04. The Balaban J connectivity index is 2.07. The Kier molecular flexibility index (Phi) is 4.31. The van der Waals surface area contributed by atoms with Crippen LogP contribution in [0, 0.1) is 5.82 Å². The van der Waals surface area contributed by atoms with Crippen LogP contribution in [0.15, 0.2) is 39.9 Å². The van der Waals surface area contributed by atoms with Gasteiger partial charge in [0.25, 0.3) is 0 Å². The van der Waals surface area contributed by atoms with Crippen LogP contribution in [0.2, 0.25) is 0 Å². The molecule has 0 bridgehead atoms. The first-order valence-corrected chi connectivity index (χ1v) is 7.80. The summed E-state index contributed by atoms with van der Waals surface area (Å²) in [4.78, 5) is 0. The first kappa shape index (κ1) is 14.1. The SMILES string of the molecule is O=S(=O)(NCc1ccc(F)cc1)c1cc(CO)cs1. The number of aliphatic hydroxyl groups excluding tert-OH is 1. The highest BCUT2D eigenvalue weighted by atomic mass is 32.2. The van der Waals surface area contributed by atoms with E-state index in [1.165, 1.54) is 30.3 Å². The van der Waals surface area contributed by atoms with E-state index in [1.807, 2.05) is 0 Å². The van der Waals surface area contributed by atoms with Crippen molar-refractivity contribution >= 4 is 21.4 Å². The normalized spacial score (nSPS) is 11.7. The number of benzene rings is 1. The van der Waals surface area contributed by atoms with Crippen LogP contribution in [-0.4, -0.2) is 13.5 Å². The lowest BCUT2D eigenvalue weighted by Crippen LogP contribution is -2.22. The first-order valence-electron chi connectivity index (χ1n) is 5.43. The van der Waals surface area contributed by atoms with E-state index in [2.05, 4.69) is 4.72 Å². The topological polar surface area (TPSA) is 66.4 Å². The lowest BCUT2D eigenvalue weighted by molar-refractivity contribution is 0.282. The predicted octanol–water partition coefficient (Wildman–Crippen LogP) is 1.86. The van der Waals surface area contributed by atoms with E-state index in [-0.39, 0.29) is 23.2 Å². The zero-order valence-electron chi connectivity index (χ0n) is 9.84. The number of rotatable bonds is 5. The molecule has 19 heavy (non-hydrogen) atoms. The summed E-state index contributed by atoms with van der Waals surface area (Å²) in [5, 5.41) is 10.5. The third-order valence-corrected chi connectivity index (χ3v) is 5.35. The molecule has 0 amide bonds. The number of hydrogen-bond donors (Lipinski definition) is 2. The largest absolute Gasteiger partial charge is 0.392 e. The van der Waals surface area contributed by atoms with Crippen LogP contribution < -0.4 is 4.72 Å². The molecule has 2 rings (SSSR count). The van der Waals surface area contributed by atoms with Crippen molar-refractivity contribution in [1.29, 1.82) is 0 Å². The van der Waals surface area contributed by atoms with Crippen molar-refractivity contribution in [2.24, 2.45) is 0 Å². The minimum absolute atomic E-state index is 0.0922. The summed E-state index contributed by atoms with van der Waals surface area (Å²) in [7, 11) is -3.59. The molecular formula is C12H12FNO3S2. The molecule has 0 fully saturated rings. The monoisotopic (exact) mass is 301 g/mol. The zero-order chi connectivity index (χ0) is 13.9. The molecule has 0 radical (unpaired) electrons. The fraction of sp³-hybridized carbons (Fsp3) is 0.167. The Labute approximate surface area is 114 Å². The molecule has 0 saturated carbocycles. The molecule has 4 nitrogen and oxygen atoms in total. The van der Waals surface area contributed by atoms with Gasteiger partial charge in [-0.3, -0.25) is 0 Å². The number of nitrogens with one attached hydrogen (secondary N) is 1. The van der Waals surface area contributed by atoms with Gasteiger partial charge in [0.05, 0.1) is 6.61 Å². The highest BCUT2D eigenvalue weighted by molar-refractivity contribution is 7.91. The molecule has 1 aromatic heterocycles. The van der Waals surface area contributed by atoms with Crippen molar-refractivity contribution in [2.45, 2.75) is 17.4 Å². The minimum Gasteiger partial charge on any atom is -0.392 e. The van der Waals surface area contributed by atoms with Crippen LogP contribution in [0.1, 0.15) is 11.1 Å². The molecule has 0 saturated heterocycles. The summed E-state index contributed by atoms with van der Waals surface area (Å²) in [6.45, 7) is -0.0983. The molecule has 102 valence electrons. The second-order valence-electron chi connectivity index (χ2n) is 3.88. The first-order chi connectivity index (χ1) is 9.01. The van der Waals surface area contributed by atoms with Gasteiger partial charge in [0, 0.05) is 6.54 Å². The van der Waals surface area contributed by atoms with Gasteiger partial charge in [0.2, 0.25) is 10.0 Å². The fourth-order valence-electron chi connectivity index (χ4n) is 1.43. The van der Waals surface area contributed by atoms with Crippen molar-refractivity contribution < 1.29 is 17.9 Å². The minimum atomic E-state index is -3.59. The van der Waals surface area contributed by atoms with Crippen molar-refractivity contribution in [2.75, 3.05) is 0 Å². The summed E-state index contributed by atoms with van der Waals surface area (Å²) in [5.74, 6) is -0.363. The molecule has 0 spiro atoms. The molecule has 0 atom stereocenters. The number of aliphatic hydroxyl groups is 1. The maximum absolute atomic E-state index is 12.7. The van der Waals surface area contributed by atoms with Gasteiger partial charge in [-0.1, -0.05) is 12.1 Å². The van der Waals surface area contributed by atoms with Crippen molar-refractivity contribution in [3.05, 3.63) is 52.7 Å². The van der Waals surface area contributed by atoms with Crippen LogP contribution in [0.3, 0.4) is 0 Å². The van der Waals surface area contributed by atoms with Crippen molar-refractivity contribution in [3.63, 3.8) is 0 Å². The van der Waals surface area contributed by atoms with Gasteiger partial charge in [0.1, 0.15) is 10.0 Å². The van der Waals surface area contributed by atoms with E-state index in [4.69, 9.17) is 5.11 Å². The molecule has 0 unspecified atom stereocenters. The average molecular weight is 301 g/mol. The highest BCUT2D eigenvalue weighted by Gasteiger charge is 2.16. The van der Waals surface area contributed by atoms with Gasteiger partial charge in [-0.25, -0.2) is 17.5 Å². The van der Waals surface area contributed by atoms with E-state index >= 15 is 0 Å². The number of hydrogen-bond acceptors (Lipinski definition) is 4. The van der Waals surface area contributed by atoms with Crippen molar-refractivity contribution in [3.8, 4) is 0 Å². The molecule has 1 aromatic carbocycles. The summed E-state index contributed by atoms with van der Waals surface area (Å²) in [6, 6.07) is 7.02. The second-order valence-corrected chi connectivity index (χ2v) is 6.79. The van der Waals surface area contributed by atoms with E-state index in [1.54, 1.807) is 5.38 Å². The third-order valence-electron chi connectivity index (χ3n) is 2.46. The highest BCUT2D eigenvalue weighted by Crippen LogP contribution is 2.20.